The predicted octanol–water partition coefficient (Wildman–Crippen LogP) is 5.74. The van der Waals surface area contributed by atoms with Crippen LogP contribution < -0.4 is 14.4 Å². The maximum absolute atomic E-state index is 13.9. The van der Waals surface area contributed by atoms with Crippen LogP contribution in [0, 0.1) is 23.7 Å². The number of alkyl halides is 2. The summed E-state index contributed by atoms with van der Waals surface area (Å²) in [5.41, 5.74) is 2.70. The monoisotopic (exact) mass is 731 g/mol. The van der Waals surface area contributed by atoms with E-state index in [2.05, 4.69) is 15.7 Å². The van der Waals surface area contributed by atoms with Gasteiger partial charge in [0.1, 0.15) is 5.75 Å². The van der Waals surface area contributed by atoms with Crippen LogP contribution in [-0.4, -0.2) is 77.1 Å². The van der Waals surface area contributed by atoms with Crippen LogP contribution in [-0.2, 0) is 36.2 Å². The van der Waals surface area contributed by atoms with Gasteiger partial charge in [-0.25, -0.2) is 21.9 Å². The third-order valence-electron chi connectivity index (χ3n) is 11.6. The maximum Gasteiger partial charge on any atom is 0.282 e. The van der Waals surface area contributed by atoms with E-state index in [4.69, 9.17) is 21.1 Å². The van der Waals surface area contributed by atoms with Gasteiger partial charge in [-0.2, -0.15) is 0 Å². The van der Waals surface area contributed by atoms with Crippen LogP contribution in [0.3, 0.4) is 0 Å². The lowest BCUT2D eigenvalue weighted by molar-refractivity contribution is -0.167. The minimum atomic E-state index is -4.38. The van der Waals surface area contributed by atoms with Crippen molar-refractivity contribution in [3.05, 3.63) is 64.7 Å². The molecule has 13 heteroatoms. The highest BCUT2D eigenvalue weighted by Gasteiger charge is 2.48. The van der Waals surface area contributed by atoms with Gasteiger partial charge in [0.15, 0.2) is 0 Å². The Morgan fingerprint density at radius 1 is 1.14 bits per heavy atom. The molecule has 3 aliphatic heterocycles. The summed E-state index contributed by atoms with van der Waals surface area (Å²) in [6.45, 7) is 2.05. The Kier molecular flexibility index (Phi) is 9.43. The van der Waals surface area contributed by atoms with Crippen molar-refractivity contribution in [2.75, 3.05) is 44.8 Å². The lowest BCUT2D eigenvalue weighted by Crippen LogP contribution is -2.59. The van der Waals surface area contributed by atoms with E-state index in [1.165, 1.54) is 17.2 Å². The summed E-state index contributed by atoms with van der Waals surface area (Å²) in [4.78, 5) is 29.9. The van der Waals surface area contributed by atoms with Crippen molar-refractivity contribution >= 4 is 39.1 Å². The van der Waals surface area contributed by atoms with Gasteiger partial charge in [-0.1, -0.05) is 36.7 Å². The Labute approximate surface area is 297 Å². The van der Waals surface area contributed by atoms with Crippen molar-refractivity contribution in [2.45, 2.75) is 74.2 Å². The number of nitrogens with zero attached hydrogens (tertiary/aromatic N) is 2. The van der Waals surface area contributed by atoms with Crippen LogP contribution >= 0.6 is 11.6 Å². The number of halogens is 3. The molecule has 6 atom stereocenters. The molecule has 0 radical (unpaired) electrons. The standard InChI is InChI=1S/C37H44ClF2N3O6S/c1-23-5-3-7-32(48-2)28-11-8-25(28)18-42-19-36(14-4-6-24-15-26(38)9-12-30(24)36)22-49-33-13-10-27(16-31(33)42)50(46,47)41-35(45)29(23)17-34(44)43-20-37(39,40)21-43/h3,7,9-10,12-13,15-16,23,25,28-29,32H,4-6,8,11,14,17-22H2,1-2H3,(H,41,45)/b7-3-/t23-,25-,28+,29+,32+,36-/m0/s1. The van der Waals surface area contributed by atoms with Crippen LogP contribution in [0.25, 0.3) is 0 Å². The number of ether oxygens (including phenoxy) is 2. The number of rotatable bonds is 3. The van der Waals surface area contributed by atoms with Crippen molar-refractivity contribution in [2.24, 2.45) is 23.7 Å². The van der Waals surface area contributed by atoms with E-state index in [0.717, 1.165) is 37.0 Å². The molecule has 2 fully saturated rings. The van der Waals surface area contributed by atoms with Crippen molar-refractivity contribution in [3.63, 3.8) is 0 Å². The van der Waals surface area contributed by atoms with E-state index in [1.807, 2.05) is 24.3 Å². The predicted molar refractivity (Wildman–Crippen MR) is 185 cm³/mol. The number of amides is 2. The molecule has 1 saturated carbocycles. The van der Waals surface area contributed by atoms with Gasteiger partial charge in [0.05, 0.1) is 42.3 Å². The molecule has 50 heavy (non-hydrogen) atoms. The second kappa shape index (κ2) is 13.4. The summed E-state index contributed by atoms with van der Waals surface area (Å²) >= 11 is 6.41. The highest BCUT2D eigenvalue weighted by atomic mass is 35.5. The number of allylic oxidation sites excluding steroid dienone is 1. The minimum Gasteiger partial charge on any atom is -0.490 e. The number of nitrogens with one attached hydrogen (secondary N) is 1. The van der Waals surface area contributed by atoms with Gasteiger partial charge in [0.2, 0.25) is 11.8 Å². The number of anilines is 1. The molecule has 2 aromatic rings. The van der Waals surface area contributed by atoms with E-state index in [0.29, 0.717) is 42.6 Å². The van der Waals surface area contributed by atoms with Gasteiger partial charge >= 0.3 is 0 Å². The number of carbonyl (C=O) groups excluding carboxylic acids is 2. The smallest absolute Gasteiger partial charge is 0.282 e. The van der Waals surface area contributed by atoms with Crippen LogP contribution in [0.5, 0.6) is 5.75 Å². The van der Waals surface area contributed by atoms with Gasteiger partial charge < -0.3 is 19.3 Å². The highest BCUT2D eigenvalue weighted by Crippen LogP contribution is 2.47. The lowest BCUT2D eigenvalue weighted by Gasteiger charge is -2.46. The molecule has 3 heterocycles. The Hall–Kier alpha value is -3.22. The second-order valence-electron chi connectivity index (χ2n) is 15.0. The first kappa shape index (κ1) is 35.2. The zero-order chi connectivity index (χ0) is 35.4. The zero-order valence-electron chi connectivity index (χ0n) is 28.4. The molecule has 0 unspecified atom stereocenters. The topological polar surface area (TPSA) is 105 Å². The van der Waals surface area contributed by atoms with Gasteiger partial charge in [-0.3, -0.25) is 9.59 Å². The largest absolute Gasteiger partial charge is 0.490 e. The van der Waals surface area contributed by atoms with Gasteiger partial charge in [0, 0.05) is 37.1 Å². The summed E-state index contributed by atoms with van der Waals surface area (Å²) in [6.07, 6.45) is 8.50. The number of hydrogen-bond donors (Lipinski definition) is 1. The molecule has 1 saturated heterocycles. The van der Waals surface area contributed by atoms with Crippen LogP contribution in [0.15, 0.2) is 53.4 Å². The Bertz CT molecular complexity index is 1800. The molecule has 9 nitrogen and oxygen atoms in total. The van der Waals surface area contributed by atoms with E-state index in [9.17, 15) is 26.8 Å². The molecule has 2 aromatic carbocycles. The number of hydrogen-bond acceptors (Lipinski definition) is 7. The Balaban J connectivity index is 1.26. The minimum absolute atomic E-state index is 0.1000. The fourth-order valence-electron chi connectivity index (χ4n) is 8.61. The number of benzene rings is 2. The number of likely N-dealkylation sites (tertiary alicyclic amines) is 1. The molecule has 1 spiro atoms. The third kappa shape index (κ3) is 6.75. The van der Waals surface area contributed by atoms with Crippen molar-refractivity contribution in [1.29, 1.82) is 0 Å². The maximum atomic E-state index is 13.9. The van der Waals surface area contributed by atoms with E-state index < -0.39 is 52.7 Å². The average molecular weight is 732 g/mol. The van der Waals surface area contributed by atoms with E-state index in [-0.39, 0.29) is 34.7 Å². The number of carbonyl (C=O) groups is 2. The SMILES string of the molecule is CO[C@@H]1/C=C\C[C@H](C)[C@@H](CC(=O)N2CC(F)(F)C2)C(=O)NS(=O)(=O)c2ccc3c(c2)N(C[C@@H]2CC[C@H]21)C[C@@]1(CCCc2cc(Cl)ccc21)CO3. The molecule has 2 bridgehead atoms. The molecular weight excluding hydrogens is 688 g/mol. The first-order valence-corrected chi connectivity index (χ1v) is 19.4. The number of aryl methyl sites for hydroxylation is 1. The van der Waals surface area contributed by atoms with Gasteiger partial charge in [-0.05, 0) is 97.7 Å². The number of methoxy groups -OCH3 is 1. The molecule has 7 rings (SSSR count). The quantitative estimate of drug-likeness (QED) is 0.402. The molecule has 270 valence electrons. The highest BCUT2D eigenvalue weighted by molar-refractivity contribution is 7.90. The second-order valence-corrected chi connectivity index (χ2v) is 17.1. The van der Waals surface area contributed by atoms with Gasteiger partial charge in [0.25, 0.3) is 15.9 Å². The summed E-state index contributed by atoms with van der Waals surface area (Å²) in [6, 6.07) is 10.7. The van der Waals surface area contributed by atoms with Crippen molar-refractivity contribution in [1.82, 2.24) is 9.62 Å². The normalized spacial score (nSPS) is 32.3. The van der Waals surface area contributed by atoms with Gasteiger partial charge in [-0.15, -0.1) is 0 Å². The average Bonchev–Trinajstić information content (AvgIpc) is 3.19. The Morgan fingerprint density at radius 3 is 2.66 bits per heavy atom. The fourth-order valence-corrected chi connectivity index (χ4v) is 9.85. The summed E-state index contributed by atoms with van der Waals surface area (Å²) in [5, 5.41) is 0.694. The molecule has 1 N–H and O–H groups in total. The van der Waals surface area contributed by atoms with E-state index >= 15 is 0 Å². The van der Waals surface area contributed by atoms with Crippen LogP contribution in [0.1, 0.15) is 56.6 Å². The molecule has 2 aliphatic carbocycles. The molecular formula is C37H44ClF2N3O6S. The number of fused-ring (bicyclic) bond motifs is 4. The summed E-state index contributed by atoms with van der Waals surface area (Å²) in [7, 11) is -2.69. The van der Waals surface area contributed by atoms with Crippen LogP contribution in [0.4, 0.5) is 14.5 Å². The van der Waals surface area contributed by atoms with Crippen LogP contribution in [0.2, 0.25) is 5.02 Å². The summed E-state index contributed by atoms with van der Waals surface area (Å²) in [5.74, 6) is -4.88. The first-order valence-electron chi connectivity index (χ1n) is 17.5. The van der Waals surface area contributed by atoms with E-state index in [1.54, 1.807) is 26.2 Å². The third-order valence-corrected chi connectivity index (χ3v) is 13.2. The zero-order valence-corrected chi connectivity index (χ0v) is 29.9. The van der Waals surface area contributed by atoms with Crippen molar-refractivity contribution < 1.29 is 36.3 Å². The molecule has 0 aromatic heterocycles. The molecule has 5 aliphatic rings. The Morgan fingerprint density at radius 2 is 1.94 bits per heavy atom. The first-order chi connectivity index (χ1) is 23.8. The molecule has 2 amide bonds. The number of sulfonamides is 1. The fraction of sp³-hybridized carbons (Fsp3) is 0.568. The summed E-state index contributed by atoms with van der Waals surface area (Å²) < 4.78 is 69.6. The van der Waals surface area contributed by atoms with Crippen molar-refractivity contribution in [3.8, 4) is 5.75 Å². The lowest BCUT2D eigenvalue weighted by atomic mass is 9.68.